The molecule has 3 N–H and O–H groups in total. The summed E-state index contributed by atoms with van der Waals surface area (Å²) in [4.78, 5) is 36.6. The average Bonchev–Trinajstić information content (AvgIpc) is 2.42. The maximum atomic E-state index is 12.2. The minimum absolute atomic E-state index is 0. The van der Waals surface area contributed by atoms with Gasteiger partial charge in [0.15, 0.2) is 0 Å². The van der Waals surface area contributed by atoms with Gasteiger partial charge < -0.3 is 26.8 Å². The smallest absolute Gasteiger partial charge is 1.00 e. The van der Waals surface area contributed by atoms with Gasteiger partial charge in [0.05, 0.1) is 0 Å². The molecular formula is C16H30N3NaO5. The van der Waals surface area contributed by atoms with Gasteiger partial charge in [-0.05, 0) is 39.5 Å². The summed E-state index contributed by atoms with van der Waals surface area (Å²) in [5.74, 6) is -1.24. The normalized spacial score (nSPS) is 16.6. The van der Waals surface area contributed by atoms with E-state index in [1.165, 1.54) is 0 Å². The molecule has 0 aromatic heterocycles. The molecule has 140 valence electrons. The van der Waals surface area contributed by atoms with Crippen LogP contribution in [0.4, 0.5) is 9.59 Å². The third-order valence-electron chi connectivity index (χ3n) is 3.71. The van der Waals surface area contributed by atoms with E-state index in [0.29, 0.717) is 25.9 Å². The molecular weight excluding hydrogens is 337 g/mol. The molecule has 0 aliphatic carbocycles. The first-order chi connectivity index (χ1) is 11.0. The topological polar surface area (TPSA) is 108 Å². The minimum Gasteiger partial charge on any atom is -1.00 e. The second-order valence-corrected chi connectivity index (χ2v) is 7.42. The van der Waals surface area contributed by atoms with Crippen molar-refractivity contribution in [1.82, 2.24) is 15.5 Å². The average molecular weight is 367 g/mol. The van der Waals surface area contributed by atoms with E-state index in [9.17, 15) is 14.4 Å². The van der Waals surface area contributed by atoms with Crippen molar-refractivity contribution in [1.29, 1.82) is 0 Å². The third-order valence-corrected chi connectivity index (χ3v) is 3.71. The number of carbonyl (C=O) groups is 3. The van der Waals surface area contributed by atoms with Crippen LogP contribution < -0.4 is 40.2 Å². The molecule has 1 unspecified atom stereocenters. The summed E-state index contributed by atoms with van der Waals surface area (Å²) in [6.45, 7) is 9.80. The van der Waals surface area contributed by atoms with Crippen LogP contribution in [0.15, 0.2) is 0 Å². The first-order valence-electron chi connectivity index (χ1n) is 8.27. The molecule has 1 atom stereocenters. The van der Waals surface area contributed by atoms with Gasteiger partial charge in [-0.1, -0.05) is 13.8 Å². The molecule has 0 aromatic rings. The van der Waals surface area contributed by atoms with Gasteiger partial charge in [0.2, 0.25) is 0 Å². The van der Waals surface area contributed by atoms with Crippen molar-refractivity contribution in [3.05, 3.63) is 0 Å². The Morgan fingerprint density at radius 1 is 1.20 bits per heavy atom. The largest absolute Gasteiger partial charge is 1.00 e. The number of likely N-dealkylation sites (tertiary alicyclic amines) is 1. The van der Waals surface area contributed by atoms with E-state index in [1.54, 1.807) is 39.5 Å². The Labute approximate surface area is 172 Å². The van der Waals surface area contributed by atoms with Crippen molar-refractivity contribution >= 4 is 18.1 Å². The van der Waals surface area contributed by atoms with Gasteiger partial charge >= 0.3 is 47.7 Å². The number of piperidine rings is 1. The fourth-order valence-electron chi connectivity index (χ4n) is 2.44. The number of hydrogen-bond acceptors (Lipinski definition) is 4. The summed E-state index contributed by atoms with van der Waals surface area (Å²) in [6.07, 6.45) is 0.745. The van der Waals surface area contributed by atoms with Crippen LogP contribution in [-0.4, -0.2) is 58.9 Å². The van der Waals surface area contributed by atoms with Crippen molar-refractivity contribution in [3.8, 4) is 0 Å². The van der Waals surface area contributed by atoms with Crippen LogP contribution in [0.5, 0.6) is 0 Å². The Morgan fingerprint density at radius 3 is 2.12 bits per heavy atom. The quantitative estimate of drug-likeness (QED) is 0.548. The third kappa shape index (κ3) is 8.78. The van der Waals surface area contributed by atoms with Crippen LogP contribution in [0.3, 0.4) is 0 Å². The number of alkyl carbamates (subject to hydrolysis) is 1. The first-order valence-corrected chi connectivity index (χ1v) is 8.27. The van der Waals surface area contributed by atoms with E-state index >= 15 is 0 Å². The second-order valence-electron chi connectivity index (χ2n) is 7.42. The van der Waals surface area contributed by atoms with E-state index in [-0.39, 0.29) is 49.0 Å². The molecule has 9 heteroatoms. The Balaban J connectivity index is 0. The minimum atomic E-state index is -1.04. The maximum Gasteiger partial charge on any atom is 1.00 e. The van der Waals surface area contributed by atoms with Crippen LogP contribution in [0.25, 0.3) is 0 Å². The summed E-state index contributed by atoms with van der Waals surface area (Å²) in [5.41, 5.74) is -0.548. The number of carboxylic acids is 1. The SMILES string of the molecule is CC(C)C(NC(=O)N1CCC(NC(=O)OC(C)(C)C)CC1)C(=O)O.[H-].[Na+]. The molecule has 3 amide bonds. The van der Waals surface area contributed by atoms with Crippen LogP contribution >= 0.6 is 0 Å². The number of carboxylic acid groups (broad SMARTS) is 1. The molecule has 1 fully saturated rings. The van der Waals surface area contributed by atoms with Crippen molar-refractivity contribution in [3.63, 3.8) is 0 Å². The summed E-state index contributed by atoms with van der Waals surface area (Å²) in [7, 11) is 0. The predicted molar refractivity (Wildman–Crippen MR) is 89.9 cm³/mol. The predicted octanol–water partition coefficient (Wildman–Crippen LogP) is -1.09. The van der Waals surface area contributed by atoms with Crippen molar-refractivity contribution in [2.45, 2.75) is 65.1 Å². The van der Waals surface area contributed by atoms with Gasteiger partial charge in [0.1, 0.15) is 11.6 Å². The molecule has 1 rings (SSSR count). The molecule has 0 saturated carbocycles. The number of hydrogen-bond donors (Lipinski definition) is 3. The Morgan fingerprint density at radius 2 is 1.72 bits per heavy atom. The van der Waals surface area contributed by atoms with Crippen molar-refractivity contribution in [2.75, 3.05) is 13.1 Å². The number of aliphatic carboxylic acids is 1. The van der Waals surface area contributed by atoms with Gasteiger partial charge in [0, 0.05) is 19.1 Å². The summed E-state index contributed by atoms with van der Waals surface area (Å²) in [6, 6.07) is -1.34. The van der Waals surface area contributed by atoms with Gasteiger partial charge in [0.25, 0.3) is 0 Å². The Hall–Kier alpha value is -0.990. The summed E-state index contributed by atoms with van der Waals surface area (Å²) in [5, 5.41) is 14.5. The summed E-state index contributed by atoms with van der Waals surface area (Å²) < 4.78 is 5.21. The molecule has 0 radical (unpaired) electrons. The number of rotatable bonds is 4. The number of nitrogens with one attached hydrogen (secondary N) is 2. The van der Waals surface area contributed by atoms with Crippen LogP contribution in [0.2, 0.25) is 0 Å². The molecule has 25 heavy (non-hydrogen) atoms. The molecule has 0 bridgehead atoms. The van der Waals surface area contributed by atoms with E-state index in [2.05, 4.69) is 10.6 Å². The van der Waals surface area contributed by atoms with Crippen LogP contribution in [-0.2, 0) is 9.53 Å². The van der Waals surface area contributed by atoms with Gasteiger partial charge in [-0.2, -0.15) is 0 Å². The number of ether oxygens (including phenoxy) is 1. The second kappa shape index (κ2) is 10.2. The molecule has 8 nitrogen and oxygen atoms in total. The zero-order chi connectivity index (χ0) is 18.5. The van der Waals surface area contributed by atoms with Crippen LogP contribution in [0.1, 0.15) is 48.9 Å². The fourth-order valence-corrected chi connectivity index (χ4v) is 2.44. The zero-order valence-corrected chi connectivity index (χ0v) is 18.1. The number of urea groups is 1. The van der Waals surface area contributed by atoms with E-state index in [1.807, 2.05) is 0 Å². The van der Waals surface area contributed by atoms with Gasteiger partial charge in [-0.3, -0.25) is 0 Å². The summed E-state index contributed by atoms with van der Waals surface area (Å²) >= 11 is 0. The molecule has 0 spiro atoms. The Kier molecular flexibility index (Phi) is 9.82. The van der Waals surface area contributed by atoms with E-state index in [0.717, 1.165) is 0 Å². The number of amides is 3. The van der Waals surface area contributed by atoms with Crippen molar-refractivity contribution in [2.24, 2.45) is 5.92 Å². The number of nitrogens with zero attached hydrogens (tertiary/aromatic N) is 1. The van der Waals surface area contributed by atoms with Gasteiger partial charge in [-0.25, -0.2) is 14.4 Å². The molecule has 1 aliphatic rings. The zero-order valence-electron chi connectivity index (χ0n) is 17.1. The molecule has 1 aliphatic heterocycles. The first kappa shape index (κ1) is 24.0. The maximum absolute atomic E-state index is 12.2. The molecule has 1 heterocycles. The van der Waals surface area contributed by atoms with Crippen LogP contribution in [0, 0.1) is 5.92 Å². The van der Waals surface area contributed by atoms with Crippen molar-refractivity contribution < 1.29 is 55.2 Å². The monoisotopic (exact) mass is 367 g/mol. The fraction of sp³-hybridized carbons (Fsp3) is 0.812. The standard InChI is InChI=1S/C16H29N3O5.Na.H/c1-10(2)12(13(20)21)18-14(22)19-8-6-11(7-9-19)17-15(23)24-16(3,4)5;;/h10-12H,6-9H2,1-5H3,(H,17,23)(H,18,22)(H,20,21);;/q;+1;-1. The van der Waals surface area contributed by atoms with Gasteiger partial charge in [-0.15, -0.1) is 0 Å². The van der Waals surface area contributed by atoms with E-state index < -0.39 is 23.7 Å². The number of carbonyl (C=O) groups excluding carboxylic acids is 2. The molecule has 1 saturated heterocycles. The molecule has 0 aromatic carbocycles. The van der Waals surface area contributed by atoms with E-state index in [4.69, 9.17) is 9.84 Å². The Bertz CT molecular complexity index is 477.